The van der Waals surface area contributed by atoms with E-state index in [1.807, 2.05) is 0 Å². The lowest BCUT2D eigenvalue weighted by atomic mass is 9.84. The minimum atomic E-state index is -0.562. The van der Waals surface area contributed by atoms with Crippen molar-refractivity contribution in [3.05, 3.63) is 34.9 Å². The Morgan fingerprint density at radius 3 is 2.86 bits per heavy atom. The van der Waals surface area contributed by atoms with Crippen molar-refractivity contribution in [2.75, 3.05) is 0 Å². The molecule has 1 atom stereocenters. The van der Waals surface area contributed by atoms with Crippen molar-refractivity contribution in [1.82, 2.24) is 0 Å². The maximum atomic E-state index is 13.2. The lowest BCUT2D eigenvalue weighted by Crippen LogP contribution is -2.16. The van der Waals surface area contributed by atoms with E-state index < -0.39 is 11.6 Å². The van der Waals surface area contributed by atoms with Gasteiger partial charge in [-0.05, 0) is 36.5 Å². The highest BCUT2D eigenvalue weighted by Gasteiger charge is 2.21. The van der Waals surface area contributed by atoms with Crippen LogP contribution in [0.5, 0.6) is 0 Å². The average Bonchev–Trinajstić information content (AvgIpc) is 2.16. The maximum Gasteiger partial charge on any atom is 0.129 e. The predicted molar refractivity (Wildman–Crippen MR) is 47.9 cm³/mol. The molecule has 0 saturated carbocycles. The van der Waals surface area contributed by atoms with Crippen LogP contribution in [0.1, 0.15) is 17.5 Å². The van der Waals surface area contributed by atoms with Crippen LogP contribution in [0.3, 0.4) is 0 Å². The monoisotopic (exact) mass is 196 g/mol. The fourth-order valence-corrected chi connectivity index (χ4v) is 1.95. The molecule has 0 N–H and O–H groups in total. The summed E-state index contributed by atoms with van der Waals surface area (Å²) in [4.78, 5) is 10.6. The van der Waals surface area contributed by atoms with Crippen LogP contribution in [0.4, 0.5) is 8.78 Å². The molecular weight excluding hydrogens is 186 g/mol. The first-order valence-electron chi connectivity index (χ1n) is 4.63. The topological polar surface area (TPSA) is 17.1 Å². The number of aldehydes is 1. The summed E-state index contributed by atoms with van der Waals surface area (Å²) in [5.41, 5.74) is 1.22. The maximum absolute atomic E-state index is 13.2. The van der Waals surface area contributed by atoms with Crippen molar-refractivity contribution in [1.29, 1.82) is 0 Å². The first-order valence-corrected chi connectivity index (χ1v) is 4.63. The number of rotatable bonds is 1. The van der Waals surface area contributed by atoms with Crippen molar-refractivity contribution < 1.29 is 13.6 Å². The lowest BCUT2D eigenvalue weighted by Gasteiger charge is -2.20. The number of halogens is 2. The van der Waals surface area contributed by atoms with Gasteiger partial charge < -0.3 is 4.79 Å². The molecule has 3 heteroatoms. The summed E-state index contributed by atoms with van der Waals surface area (Å²) >= 11 is 0. The molecule has 1 unspecified atom stereocenters. The van der Waals surface area contributed by atoms with Crippen LogP contribution < -0.4 is 0 Å². The Bertz CT molecular complexity index is 374. The molecule has 0 saturated heterocycles. The van der Waals surface area contributed by atoms with E-state index in [4.69, 9.17) is 0 Å². The molecule has 74 valence electrons. The molecule has 0 aromatic heterocycles. The first-order chi connectivity index (χ1) is 6.70. The molecule has 0 radical (unpaired) electrons. The second-order valence-electron chi connectivity index (χ2n) is 3.66. The lowest BCUT2D eigenvalue weighted by molar-refractivity contribution is -0.111. The molecule has 1 aliphatic rings. The molecule has 1 aromatic rings. The molecule has 1 aliphatic carbocycles. The molecule has 1 aromatic carbocycles. The summed E-state index contributed by atoms with van der Waals surface area (Å²) in [7, 11) is 0. The normalized spacial score (nSPS) is 20.3. The zero-order chi connectivity index (χ0) is 10.1. The van der Waals surface area contributed by atoms with Gasteiger partial charge in [-0.3, -0.25) is 0 Å². The van der Waals surface area contributed by atoms with Crippen molar-refractivity contribution in [2.24, 2.45) is 5.92 Å². The summed E-state index contributed by atoms with van der Waals surface area (Å²) in [6.45, 7) is 0. The zero-order valence-corrected chi connectivity index (χ0v) is 7.59. The molecule has 0 aliphatic heterocycles. The molecule has 0 spiro atoms. The Labute approximate surface area is 80.7 Å². The van der Waals surface area contributed by atoms with Crippen molar-refractivity contribution >= 4 is 6.29 Å². The Morgan fingerprint density at radius 2 is 2.14 bits per heavy atom. The summed E-state index contributed by atoms with van der Waals surface area (Å²) in [5, 5.41) is 0. The molecule has 1 nitrogen and oxygen atoms in total. The number of hydrogen-bond acceptors (Lipinski definition) is 1. The van der Waals surface area contributed by atoms with Crippen LogP contribution in [0, 0.1) is 17.6 Å². The van der Waals surface area contributed by atoms with Gasteiger partial charge >= 0.3 is 0 Å². The second-order valence-corrected chi connectivity index (χ2v) is 3.66. The third-order valence-corrected chi connectivity index (χ3v) is 2.69. The van der Waals surface area contributed by atoms with Crippen molar-refractivity contribution in [3.8, 4) is 0 Å². The highest BCUT2D eigenvalue weighted by atomic mass is 19.1. The number of fused-ring (bicyclic) bond motifs is 1. The predicted octanol–water partition coefficient (Wildman–Crippen LogP) is 2.27. The minimum absolute atomic E-state index is 0.0799. The number of carbonyl (C=O) groups is 1. The minimum Gasteiger partial charge on any atom is -0.303 e. The summed E-state index contributed by atoms with van der Waals surface area (Å²) in [5.74, 6) is -1.12. The zero-order valence-electron chi connectivity index (χ0n) is 7.59. The second kappa shape index (κ2) is 3.48. The molecule has 0 amide bonds. The van der Waals surface area contributed by atoms with E-state index in [9.17, 15) is 13.6 Å². The van der Waals surface area contributed by atoms with Crippen LogP contribution >= 0.6 is 0 Å². The Morgan fingerprint density at radius 1 is 1.36 bits per heavy atom. The summed E-state index contributed by atoms with van der Waals surface area (Å²) in [6.07, 6.45) is 2.53. The van der Waals surface area contributed by atoms with Gasteiger partial charge in [-0.15, -0.1) is 0 Å². The van der Waals surface area contributed by atoms with E-state index in [0.717, 1.165) is 12.4 Å². The highest BCUT2D eigenvalue weighted by Crippen LogP contribution is 2.27. The largest absolute Gasteiger partial charge is 0.303 e. The van der Waals surface area contributed by atoms with Crippen LogP contribution in [-0.4, -0.2) is 6.29 Å². The Balaban J connectivity index is 2.41. The fraction of sp³-hybridized carbons (Fsp3) is 0.364. The fourth-order valence-electron chi connectivity index (χ4n) is 1.95. The Kier molecular flexibility index (Phi) is 2.32. The molecule has 2 rings (SSSR count). The first kappa shape index (κ1) is 9.31. The molecule has 0 heterocycles. The SMILES string of the molecule is O=CC1CCc2c(F)cc(F)cc2C1. The molecule has 14 heavy (non-hydrogen) atoms. The quantitative estimate of drug-likeness (QED) is 0.630. The van der Waals surface area contributed by atoms with Gasteiger partial charge in [-0.25, -0.2) is 8.78 Å². The van der Waals surface area contributed by atoms with E-state index >= 15 is 0 Å². The van der Waals surface area contributed by atoms with Gasteiger partial charge in [0.25, 0.3) is 0 Å². The third kappa shape index (κ3) is 1.54. The number of hydrogen-bond donors (Lipinski definition) is 0. The molecule has 0 fully saturated rings. The van der Waals surface area contributed by atoms with Crippen LogP contribution in [-0.2, 0) is 17.6 Å². The summed E-state index contributed by atoms with van der Waals surface area (Å²) in [6, 6.07) is 2.23. The van der Waals surface area contributed by atoms with Crippen molar-refractivity contribution in [3.63, 3.8) is 0 Å². The highest BCUT2D eigenvalue weighted by molar-refractivity contribution is 5.55. The van der Waals surface area contributed by atoms with E-state index in [0.29, 0.717) is 30.4 Å². The van der Waals surface area contributed by atoms with Crippen LogP contribution in [0.25, 0.3) is 0 Å². The van der Waals surface area contributed by atoms with Crippen LogP contribution in [0.15, 0.2) is 12.1 Å². The van der Waals surface area contributed by atoms with Gasteiger partial charge in [-0.1, -0.05) is 0 Å². The molecular formula is C11H10F2O. The van der Waals surface area contributed by atoms with E-state index in [1.54, 1.807) is 0 Å². The van der Waals surface area contributed by atoms with E-state index in [1.165, 1.54) is 6.07 Å². The van der Waals surface area contributed by atoms with Gasteiger partial charge in [-0.2, -0.15) is 0 Å². The standard InChI is InChI=1S/C11H10F2O/c12-9-4-8-3-7(6-14)1-2-10(8)11(13)5-9/h4-7H,1-3H2. The summed E-state index contributed by atoms with van der Waals surface area (Å²) < 4.78 is 26.1. The van der Waals surface area contributed by atoms with E-state index in [-0.39, 0.29) is 5.92 Å². The average molecular weight is 196 g/mol. The Hall–Kier alpha value is -1.25. The van der Waals surface area contributed by atoms with Gasteiger partial charge in [0.05, 0.1) is 0 Å². The smallest absolute Gasteiger partial charge is 0.129 e. The third-order valence-electron chi connectivity index (χ3n) is 2.69. The van der Waals surface area contributed by atoms with Crippen molar-refractivity contribution in [2.45, 2.75) is 19.3 Å². The molecule has 0 bridgehead atoms. The van der Waals surface area contributed by atoms with Gasteiger partial charge in [0.15, 0.2) is 0 Å². The van der Waals surface area contributed by atoms with Gasteiger partial charge in [0.2, 0.25) is 0 Å². The van der Waals surface area contributed by atoms with Gasteiger partial charge in [0.1, 0.15) is 17.9 Å². The van der Waals surface area contributed by atoms with Crippen LogP contribution in [0.2, 0.25) is 0 Å². The number of carbonyl (C=O) groups excluding carboxylic acids is 1. The van der Waals surface area contributed by atoms with Gasteiger partial charge in [0, 0.05) is 12.0 Å². The van der Waals surface area contributed by atoms with E-state index in [2.05, 4.69) is 0 Å². The number of benzene rings is 1.